The van der Waals surface area contributed by atoms with E-state index in [0.717, 1.165) is 12.8 Å². The van der Waals surface area contributed by atoms with Crippen LogP contribution in [0, 0.1) is 5.92 Å². The van der Waals surface area contributed by atoms with Crippen molar-refractivity contribution in [2.24, 2.45) is 11.7 Å². The van der Waals surface area contributed by atoms with Gasteiger partial charge in [0, 0.05) is 12.5 Å². The van der Waals surface area contributed by atoms with Crippen molar-refractivity contribution in [2.45, 2.75) is 32.2 Å². The molecule has 16 heavy (non-hydrogen) atoms. The highest BCUT2D eigenvalue weighted by Crippen LogP contribution is 2.19. The Morgan fingerprint density at radius 2 is 2.44 bits per heavy atom. The Morgan fingerprint density at radius 1 is 1.69 bits per heavy atom. The number of nitrogens with one attached hydrogen (secondary N) is 1. The van der Waals surface area contributed by atoms with Gasteiger partial charge in [-0.2, -0.15) is 4.98 Å². The second kappa shape index (κ2) is 4.61. The standard InChI is InChI=1S/C10H16N4O2/c1-6(5-11)4-8-13-9(14-16-8)10(15)12-7-2-3-7/h6-7H,2-5,11H2,1H3,(H,12,15). The molecule has 1 aliphatic carbocycles. The second-order valence-electron chi connectivity index (χ2n) is 4.30. The topological polar surface area (TPSA) is 94.0 Å². The van der Waals surface area contributed by atoms with Crippen LogP contribution < -0.4 is 11.1 Å². The van der Waals surface area contributed by atoms with Crippen molar-refractivity contribution in [3.05, 3.63) is 11.7 Å². The normalized spacial score (nSPS) is 17.1. The molecule has 1 saturated carbocycles. The second-order valence-corrected chi connectivity index (χ2v) is 4.30. The van der Waals surface area contributed by atoms with Gasteiger partial charge >= 0.3 is 0 Å². The molecule has 1 aromatic heterocycles. The molecule has 2 rings (SSSR count). The van der Waals surface area contributed by atoms with Gasteiger partial charge in [-0.05, 0) is 25.3 Å². The third-order valence-corrected chi connectivity index (χ3v) is 2.51. The Balaban J connectivity index is 1.92. The number of nitrogens with zero attached hydrogens (tertiary/aromatic N) is 2. The summed E-state index contributed by atoms with van der Waals surface area (Å²) in [4.78, 5) is 15.6. The molecule has 1 unspecified atom stereocenters. The highest BCUT2D eigenvalue weighted by molar-refractivity contribution is 5.90. The summed E-state index contributed by atoms with van der Waals surface area (Å²) in [6.45, 7) is 2.56. The molecule has 1 atom stereocenters. The van der Waals surface area contributed by atoms with E-state index in [0.29, 0.717) is 24.9 Å². The van der Waals surface area contributed by atoms with Crippen LogP contribution in [0.2, 0.25) is 0 Å². The lowest BCUT2D eigenvalue weighted by Crippen LogP contribution is -2.26. The van der Waals surface area contributed by atoms with Gasteiger partial charge in [-0.15, -0.1) is 0 Å². The maximum Gasteiger partial charge on any atom is 0.292 e. The fraction of sp³-hybridized carbons (Fsp3) is 0.700. The van der Waals surface area contributed by atoms with E-state index in [1.54, 1.807) is 0 Å². The van der Waals surface area contributed by atoms with Gasteiger partial charge in [0.1, 0.15) is 0 Å². The van der Waals surface area contributed by atoms with Crippen LogP contribution in [0.15, 0.2) is 4.52 Å². The largest absolute Gasteiger partial charge is 0.346 e. The first-order valence-corrected chi connectivity index (χ1v) is 5.52. The third-order valence-electron chi connectivity index (χ3n) is 2.51. The van der Waals surface area contributed by atoms with Gasteiger partial charge in [0.05, 0.1) is 0 Å². The summed E-state index contributed by atoms with van der Waals surface area (Å²) in [5.41, 5.74) is 5.49. The quantitative estimate of drug-likeness (QED) is 0.739. The fourth-order valence-electron chi connectivity index (χ4n) is 1.29. The average Bonchev–Trinajstić information content (AvgIpc) is 2.95. The summed E-state index contributed by atoms with van der Waals surface area (Å²) < 4.78 is 4.98. The first kappa shape index (κ1) is 11.1. The smallest absolute Gasteiger partial charge is 0.292 e. The maximum absolute atomic E-state index is 11.5. The van der Waals surface area contributed by atoms with E-state index in [9.17, 15) is 4.79 Å². The number of aromatic nitrogens is 2. The van der Waals surface area contributed by atoms with Crippen molar-refractivity contribution in [2.75, 3.05) is 6.54 Å². The molecule has 6 heteroatoms. The molecule has 3 N–H and O–H groups in total. The van der Waals surface area contributed by atoms with E-state index in [2.05, 4.69) is 15.5 Å². The van der Waals surface area contributed by atoms with Crippen molar-refractivity contribution < 1.29 is 9.32 Å². The van der Waals surface area contributed by atoms with Gasteiger partial charge in [-0.25, -0.2) is 0 Å². The SMILES string of the molecule is CC(CN)Cc1nc(C(=O)NC2CC2)no1. The molecule has 0 aliphatic heterocycles. The lowest BCUT2D eigenvalue weighted by Gasteiger charge is -2.01. The Bertz CT molecular complexity index is 373. The van der Waals surface area contributed by atoms with E-state index >= 15 is 0 Å². The van der Waals surface area contributed by atoms with Crippen molar-refractivity contribution in [3.63, 3.8) is 0 Å². The zero-order valence-corrected chi connectivity index (χ0v) is 9.27. The van der Waals surface area contributed by atoms with E-state index in [1.807, 2.05) is 6.92 Å². The van der Waals surface area contributed by atoms with Crippen molar-refractivity contribution in [1.82, 2.24) is 15.5 Å². The van der Waals surface area contributed by atoms with E-state index in [4.69, 9.17) is 10.3 Å². The van der Waals surface area contributed by atoms with Gasteiger partial charge < -0.3 is 15.6 Å². The minimum absolute atomic E-state index is 0.117. The zero-order chi connectivity index (χ0) is 11.5. The number of hydrogen-bond acceptors (Lipinski definition) is 5. The highest BCUT2D eigenvalue weighted by atomic mass is 16.5. The molecule has 0 bridgehead atoms. The molecular weight excluding hydrogens is 208 g/mol. The number of hydrogen-bond donors (Lipinski definition) is 2. The first-order chi connectivity index (χ1) is 7.69. The van der Waals surface area contributed by atoms with Gasteiger partial charge in [0.25, 0.3) is 11.7 Å². The minimum atomic E-state index is -0.252. The zero-order valence-electron chi connectivity index (χ0n) is 9.27. The number of nitrogens with two attached hydrogens (primary N) is 1. The van der Waals surface area contributed by atoms with Gasteiger partial charge in [-0.3, -0.25) is 4.79 Å². The predicted octanol–water partition coefficient (Wildman–Crippen LogP) is 0.0991. The Hall–Kier alpha value is -1.43. The number of carbonyl (C=O) groups excluding carboxylic acids is 1. The van der Waals surface area contributed by atoms with Crippen LogP contribution in [0.1, 0.15) is 36.3 Å². The summed E-state index contributed by atoms with van der Waals surface area (Å²) in [5.74, 6) is 0.614. The Morgan fingerprint density at radius 3 is 3.06 bits per heavy atom. The molecular formula is C10H16N4O2. The number of carbonyl (C=O) groups is 1. The van der Waals surface area contributed by atoms with Crippen LogP contribution in [-0.2, 0) is 6.42 Å². The molecule has 0 aromatic carbocycles. The number of rotatable bonds is 5. The molecule has 0 spiro atoms. The number of amides is 1. The summed E-state index contributed by atoms with van der Waals surface area (Å²) in [7, 11) is 0. The van der Waals surface area contributed by atoms with Crippen LogP contribution in [0.3, 0.4) is 0 Å². The molecule has 1 aliphatic rings. The molecule has 0 saturated heterocycles. The molecule has 0 radical (unpaired) electrons. The van der Waals surface area contributed by atoms with Crippen molar-refractivity contribution in [1.29, 1.82) is 0 Å². The van der Waals surface area contributed by atoms with Crippen LogP contribution >= 0.6 is 0 Å². The summed E-state index contributed by atoms with van der Waals surface area (Å²) >= 11 is 0. The summed E-state index contributed by atoms with van der Waals surface area (Å²) in [6.07, 6.45) is 2.70. The van der Waals surface area contributed by atoms with E-state index in [-0.39, 0.29) is 17.6 Å². The predicted molar refractivity (Wildman–Crippen MR) is 56.7 cm³/mol. The third kappa shape index (κ3) is 2.79. The summed E-state index contributed by atoms with van der Waals surface area (Å²) in [6, 6.07) is 0.303. The van der Waals surface area contributed by atoms with Gasteiger partial charge in [-0.1, -0.05) is 12.1 Å². The van der Waals surface area contributed by atoms with E-state index < -0.39 is 0 Å². The summed E-state index contributed by atoms with van der Waals surface area (Å²) in [5, 5.41) is 6.45. The van der Waals surface area contributed by atoms with Crippen LogP contribution in [0.5, 0.6) is 0 Å². The lowest BCUT2D eigenvalue weighted by molar-refractivity contribution is 0.0937. The molecule has 88 valence electrons. The molecule has 1 heterocycles. The molecule has 1 fully saturated rings. The maximum atomic E-state index is 11.5. The Kier molecular flexibility index (Phi) is 3.19. The minimum Gasteiger partial charge on any atom is -0.346 e. The Labute approximate surface area is 93.6 Å². The first-order valence-electron chi connectivity index (χ1n) is 5.52. The fourth-order valence-corrected chi connectivity index (χ4v) is 1.29. The van der Waals surface area contributed by atoms with E-state index in [1.165, 1.54) is 0 Å². The highest BCUT2D eigenvalue weighted by Gasteiger charge is 2.26. The van der Waals surface area contributed by atoms with Gasteiger partial charge in [0.15, 0.2) is 0 Å². The molecule has 1 aromatic rings. The van der Waals surface area contributed by atoms with Gasteiger partial charge in [0.2, 0.25) is 5.89 Å². The lowest BCUT2D eigenvalue weighted by atomic mass is 10.1. The average molecular weight is 224 g/mol. The monoisotopic (exact) mass is 224 g/mol. The van der Waals surface area contributed by atoms with Crippen LogP contribution in [-0.4, -0.2) is 28.6 Å². The van der Waals surface area contributed by atoms with Crippen LogP contribution in [0.4, 0.5) is 0 Å². The molecule has 1 amide bonds. The van der Waals surface area contributed by atoms with Crippen LogP contribution in [0.25, 0.3) is 0 Å². The molecule has 6 nitrogen and oxygen atoms in total. The van der Waals surface area contributed by atoms with Crippen molar-refractivity contribution >= 4 is 5.91 Å². The van der Waals surface area contributed by atoms with Crippen molar-refractivity contribution in [3.8, 4) is 0 Å².